The Labute approximate surface area is 127 Å². The molecule has 20 heavy (non-hydrogen) atoms. The first-order valence-electron chi connectivity index (χ1n) is 6.97. The van der Waals surface area contributed by atoms with E-state index in [1.807, 2.05) is 6.19 Å². The van der Waals surface area contributed by atoms with E-state index in [1.54, 1.807) is 7.11 Å². The molecule has 0 unspecified atom stereocenters. The second kappa shape index (κ2) is 5.31. The molecule has 1 aromatic carbocycles. The largest absolute Gasteiger partial charge is 0.381 e. The SMILES string of the molecule is COC1CCC2(CC1)Cc1ccc(Br)cc1C2=NC#N. The van der Waals surface area contributed by atoms with Crippen LogP contribution in [0.2, 0.25) is 0 Å². The molecule has 0 heterocycles. The highest BCUT2D eigenvalue weighted by atomic mass is 79.9. The van der Waals surface area contributed by atoms with Gasteiger partial charge in [-0.15, -0.1) is 0 Å². The summed E-state index contributed by atoms with van der Waals surface area (Å²) in [5.41, 5.74) is 3.51. The van der Waals surface area contributed by atoms with Gasteiger partial charge in [0.1, 0.15) is 0 Å². The highest BCUT2D eigenvalue weighted by molar-refractivity contribution is 9.10. The van der Waals surface area contributed by atoms with Crippen molar-refractivity contribution >= 4 is 21.6 Å². The van der Waals surface area contributed by atoms with Crippen LogP contribution >= 0.6 is 15.9 Å². The molecule has 1 aromatic rings. The van der Waals surface area contributed by atoms with Crippen molar-refractivity contribution in [2.75, 3.05) is 7.11 Å². The second-order valence-electron chi connectivity index (χ2n) is 5.75. The molecule has 0 saturated heterocycles. The Morgan fingerprint density at radius 2 is 2.15 bits per heavy atom. The first-order chi connectivity index (χ1) is 9.68. The summed E-state index contributed by atoms with van der Waals surface area (Å²) in [4.78, 5) is 4.19. The zero-order valence-electron chi connectivity index (χ0n) is 11.5. The fourth-order valence-electron chi connectivity index (χ4n) is 3.68. The van der Waals surface area contributed by atoms with Gasteiger partial charge in [0.05, 0.1) is 11.8 Å². The maximum Gasteiger partial charge on any atom is 0.205 e. The van der Waals surface area contributed by atoms with E-state index in [1.165, 1.54) is 5.56 Å². The molecule has 104 valence electrons. The lowest BCUT2D eigenvalue weighted by molar-refractivity contribution is 0.0468. The quantitative estimate of drug-likeness (QED) is 0.733. The third-order valence-electron chi connectivity index (χ3n) is 4.74. The summed E-state index contributed by atoms with van der Waals surface area (Å²) in [7, 11) is 1.79. The van der Waals surface area contributed by atoms with Gasteiger partial charge in [-0.25, -0.2) is 0 Å². The van der Waals surface area contributed by atoms with E-state index in [2.05, 4.69) is 39.1 Å². The zero-order valence-corrected chi connectivity index (χ0v) is 13.1. The Bertz CT molecular complexity index is 595. The third-order valence-corrected chi connectivity index (χ3v) is 5.24. The van der Waals surface area contributed by atoms with Gasteiger partial charge >= 0.3 is 0 Å². The van der Waals surface area contributed by atoms with Gasteiger partial charge in [0, 0.05) is 22.6 Å². The van der Waals surface area contributed by atoms with E-state index in [4.69, 9.17) is 10.00 Å². The highest BCUT2D eigenvalue weighted by Crippen LogP contribution is 2.48. The van der Waals surface area contributed by atoms with Crippen LogP contribution in [0, 0.1) is 16.9 Å². The molecule has 4 heteroatoms. The molecule has 1 saturated carbocycles. The Balaban J connectivity index is 1.99. The molecule has 0 bridgehead atoms. The minimum atomic E-state index is 0.0495. The maximum absolute atomic E-state index is 9.06. The Hall–Kier alpha value is -1.18. The molecular weight excluding hydrogens is 316 g/mol. The van der Waals surface area contributed by atoms with Crippen LogP contribution in [-0.4, -0.2) is 18.9 Å². The molecular formula is C16H17BrN2O. The lowest BCUT2D eigenvalue weighted by Gasteiger charge is -2.36. The molecule has 0 radical (unpaired) electrons. The summed E-state index contributed by atoms with van der Waals surface area (Å²) in [6.45, 7) is 0. The number of hydrogen-bond acceptors (Lipinski definition) is 3. The number of ether oxygens (including phenoxy) is 1. The van der Waals surface area contributed by atoms with Crippen molar-refractivity contribution < 1.29 is 4.74 Å². The van der Waals surface area contributed by atoms with Crippen molar-refractivity contribution in [3.63, 3.8) is 0 Å². The molecule has 0 amide bonds. The van der Waals surface area contributed by atoms with Gasteiger partial charge in [-0.05, 0) is 49.8 Å². The topological polar surface area (TPSA) is 45.4 Å². The van der Waals surface area contributed by atoms with Crippen LogP contribution in [0.5, 0.6) is 0 Å². The Morgan fingerprint density at radius 1 is 1.40 bits per heavy atom. The van der Waals surface area contributed by atoms with Crippen molar-refractivity contribution in [3.05, 3.63) is 33.8 Å². The van der Waals surface area contributed by atoms with Gasteiger partial charge in [0.15, 0.2) is 0 Å². The molecule has 0 atom stereocenters. The van der Waals surface area contributed by atoms with Gasteiger partial charge in [0.25, 0.3) is 0 Å². The van der Waals surface area contributed by atoms with Crippen LogP contribution in [0.25, 0.3) is 0 Å². The van der Waals surface area contributed by atoms with E-state index in [9.17, 15) is 0 Å². The molecule has 0 aliphatic heterocycles. The smallest absolute Gasteiger partial charge is 0.205 e. The van der Waals surface area contributed by atoms with E-state index < -0.39 is 0 Å². The maximum atomic E-state index is 9.06. The van der Waals surface area contributed by atoms with Crippen molar-refractivity contribution in [1.82, 2.24) is 0 Å². The summed E-state index contributed by atoms with van der Waals surface area (Å²) in [5, 5.41) is 9.06. The normalized spacial score (nSPS) is 30.4. The number of benzene rings is 1. The van der Waals surface area contributed by atoms with E-state index >= 15 is 0 Å². The lowest BCUT2D eigenvalue weighted by Crippen LogP contribution is -2.35. The van der Waals surface area contributed by atoms with Crippen LogP contribution in [0.3, 0.4) is 0 Å². The number of nitrogens with zero attached hydrogens (tertiary/aromatic N) is 2. The molecule has 3 nitrogen and oxygen atoms in total. The molecule has 3 rings (SSSR count). The number of hydrogen-bond donors (Lipinski definition) is 0. The van der Waals surface area contributed by atoms with Crippen LogP contribution < -0.4 is 0 Å². The zero-order chi connectivity index (χ0) is 14.2. The van der Waals surface area contributed by atoms with Crippen LogP contribution in [-0.2, 0) is 11.2 Å². The summed E-state index contributed by atoms with van der Waals surface area (Å²) in [6, 6.07) is 6.33. The number of aliphatic imine (C=N–C) groups is 1. The van der Waals surface area contributed by atoms with Crippen LogP contribution in [0.1, 0.15) is 36.8 Å². The Morgan fingerprint density at radius 3 is 2.80 bits per heavy atom. The summed E-state index contributed by atoms with van der Waals surface area (Å²) < 4.78 is 6.52. The summed E-state index contributed by atoms with van der Waals surface area (Å²) in [6.07, 6.45) is 7.59. The van der Waals surface area contributed by atoms with Gasteiger partial charge in [-0.2, -0.15) is 10.3 Å². The van der Waals surface area contributed by atoms with Gasteiger partial charge in [-0.1, -0.05) is 22.0 Å². The molecule has 0 N–H and O–H groups in total. The third kappa shape index (κ3) is 2.19. The number of nitriles is 1. The minimum Gasteiger partial charge on any atom is -0.381 e. The highest BCUT2D eigenvalue weighted by Gasteiger charge is 2.45. The van der Waals surface area contributed by atoms with E-state index in [0.717, 1.165) is 47.9 Å². The molecule has 0 aromatic heterocycles. The molecule has 1 spiro atoms. The monoisotopic (exact) mass is 332 g/mol. The summed E-state index contributed by atoms with van der Waals surface area (Å²) in [5.74, 6) is 0. The van der Waals surface area contributed by atoms with Crippen LogP contribution in [0.4, 0.5) is 0 Å². The Kier molecular flexibility index (Phi) is 3.66. The van der Waals surface area contributed by atoms with Crippen molar-refractivity contribution in [3.8, 4) is 6.19 Å². The lowest BCUT2D eigenvalue weighted by atomic mass is 9.70. The van der Waals surface area contributed by atoms with Crippen LogP contribution in [0.15, 0.2) is 27.7 Å². The van der Waals surface area contributed by atoms with Crippen molar-refractivity contribution in [2.45, 2.75) is 38.2 Å². The molecule has 2 aliphatic rings. The number of fused-ring (bicyclic) bond motifs is 1. The van der Waals surface area contributed by atoms with E-state index in [0.29, 0.717) is 6.10 Å². The average molecular weight is 333 g/mol. The summed E-state index contributed by atoms with van der Waals surface area (Å²) >= 11 is 3.52. The number of methoxy groups -OCH3 is 1. The fourth-order valence-corrected chi connectivity index (χ4v) is 4.04. The number of halogens is 1. The standard InChI is InChI=1S/C16H17BrN2O/c1-20-13-4-6-16(7-5-13)9-11-2-3-12(17)8-14(11)15(16)19-10-18/h2-3,8,13H,4-7,9H2,1H3. The minimum absolute atomic E-state index is 0.0495. The number of rotatable bonds is 1. The van der Waals surface area contributed by atoms with Crippen molar-refractivity contribution in [2.24, 2.45) is 10.4 Å². The van der Waals surface area contributed by atoms with Crippen molar-refractivity contribution in [1.29, 1.82) is 5.26 Å². The molecule has 2 aliphatic carbocycles. The fraction of sp³-hybridized carbons (Fsp3) is 0.500. The molecule has 1 fully saturated rings. The van der Waals surface area contributed by atoms with Gasteiger partial charge < -0.3 is 4.74 Å². The predicted molar refractivity (Wildman–Crippen MR) is 81.7 cm³/mol. The van der Waals surface area contributed by atoms with E-state index in [-0.39, 0.29) is 5.41 Å². The predicted octanol–water partition coefficient (Wildman–Crippen LogP) is 3.85. The van der Waals surface area contributed by atoms with Gasteiger partial charge in [0.2, 0.25) is 6.19 Å². The average Bonchev–Trinajstić information content (AvgIpc) is 2.74. The van der Waals surface area contributed by atoms with Gasteiger partial charge in [-0.3, -0.25) is 0 Å². The first-order valence-corrected chi connectivity index (χ1v) is 7.77. The second-order valence-corrected chi connectivity index (χ2v) is 6.67. The first kappa shape index (κ1) is 13.8.